The van der Waals surface area contributed by atoms with E-state index < -0.39 is 5.54 Å². The van der Waals surface area contributed by atoms with E-state index in [9.17, 15) is 4.79 Å². The number of hydrogen-bond donors (Lipinski definition) is 3. The molecule has 0 aromatic carbocycles. The summed E-state index contributed by atoms with van der Waals surface area (Å²) in [5.74, 6) is 0.411. The van der Waals surface area contributed by atoms with Crippen LogP contribution in [0.2, 0.25) is 0 Å². The predicted octanol–water partition coefficient (Wildman–Crippen LogP) is 1.82. The molecule has 1 aliphatic rings. The van der Waals surface area contributed by atoms with Crippen molar-refractivity contribution in [2.75, 3.05) is 0 Å². The number of hydrogen-bond acceptors (Lipinski definition) is 4. The third-order valence-corrected chi connectivity index (χ3v) is 4.25. The highest BCUT2D eigenvalue weighted by molar-refractivity contribution is 6.00. The van der Waals surface area contributed by atoms with Crippen LogP contribution in [0.3, 0.4) is 0 Å². The van der Waals surface area contributed by atoms with Crippen molar-refractivity contribution in [1.82, 2.24) is 10.3 Å². The second-order valence-corrected chi connectivity index (χ2v) is 5.89. The molecule has 1 aromatic heterocycles. The molecule has 21 heavy (non-hydrogen) atoms. The molecule has 6 nitrogen and oxygen atoms in total. The molecule has 1 fully saturated rings. The van der Waals surface area contributed by atoms with E-state index in [-0.39, 0.29) is 11.7 Å². The lowest BCUT2D eigenvalue weighted by atomic mass is 9.76. The first-order valence-corrected chi connectivity index (χ1v) is 7.20. The fourth-order valence-electron chi connectivity index (χ4n) is 2.69. The summed E-state index contributed by atoms with van der Waals surface area (Å²) in [5, 5.41) is 15.1. The van der Waals surface area contributed by atoms with E-state index in [0.29, 0.717) is 24.3 Å². The average molecular weight is 290 g/mol. The molecule has 1 heterocycles. The van der Waals surface area contributed by atoms with Crippen molar-refractivity contribution in [2.45, 2.75) is 45.1 Å². The maximum Gasteiger partial charge on any atom is 0.253 e. The van der Waals surface area contributed by atoms with Crippen LogP contribution >= 0.6 is 0 Å². The first-order valence-electron chi connectivity index (χ1n) is 7.20. The summed E-state index contributed by atoms with van der Waals surface area (Å²) in [6.45, 7) is 4.03. The fraction of sp³-hybridized carbons (Fsp3) is 0.533. The summed E-state index contributed by atoms with van der Waals surface area (Å²) in [7, 11) is 0. The van der Waals surface area contributed by atoms with Gasteiger partial charge >= 0.3 is 0 Å². The molecule has 0 spiro atoms. The van der Waals surface area contributed by atoms with Crippen molar-refractivity contribution >= 4 is 11.7 Å². The number of nitrogens with two attached hydrogens (primary N) is 1. The highest BCUT2D eigenvalue weighted by Crippen LogP contribution is 2.32. The van der Waals surface area contributed by atoms with Crippen LogP contribution in [0.25, 0.3) is 0 Å². The molecule has 0 radical (unpaired) electrons. The Bertz CT molecular complexity index is 531. The van der Waals surface area contributed by atoms with Crippen molar-refractivity contribution in [3.05, 3.63) is 29.6 Å². The second kappa shape index (κ2) is 6.11. The van der Waals surface area contributed by atoms with Gasteiger partial charge in [0.15, 0.2) is 5.84 Å². The Morgan fingerprint density at radius 1 is 1.48 bits per heavy atom. The molecule has 1 saturated carbocycles. The Balaban J connectivity index is 2.19. The normalized spacial score (nSPS) is 26.4. The summed E-state index contributed by atoms with van der Waals surface area (Å²) in [6.07, 6.45) is 4.76. The van der Waals surface area contributed by atoms with Crippen molar-refractivity contribution in [3.8, 4) is 0 Å². The molecule has 2 rings (SSSR count). The molecule has 1 aromatic rings. The van der Waals surface area contributed by atoms with Gasteiger partial charge in [0.2, 0.25) is 0 Å². The molecule has 0 unspecified atom stereocenters. The largest absolute Gasteiger partial charge is 0.409 e. The van der Waals surface area contributed by atoms with Crippen molar-refractivity contribution in [2.24, 2.45) is 16.8 Å². The van der Waals surface area contributed by atoms with Gasteiger partial charge in [0, 0.05) is 11.9 Å². The highest BCUT2D eigenvalue weighted by atomic mass is 16.4. The number of rotatable bonds is 3. The molecule has 114 valence electrons. The number of nitrogens with zero attached hydrogens (tertiary/aromatic N) is 2. The minimum absolute atomic E-state index is 0.0721. The van der Waals surface area contributed by atoms with E-state index in [1.54, 1.807) is 12.1 Å². The van der Waals surface area contributed by atoms with Crippen molar-refractivity contribution < 1.29 is 10.0 Å². The van der Waals surface area contributed by atoms with Crippen LogP contribution in [0.4, 0.5) is 0 Å². The van der Waals surface area contributed by atoms with Crippen LogP contribution in [0.15, 0.2) is 23.5 Å². The number of amidine groups is 1. The van der Waals surface area contributed by atoms with Gasteiger partial charge < -0.3 is 16.3 Å². The van der Waals surface area contributed by atoms with E-state index in [2.05, 4.69) is 22.4 Å². The van der Waals surface area contributed by atoms with E-state index in [0.717, 1.165) is 18.5 Å². The van der Waals surface area contributed by atoms with E-state index in [1.807, 2.05) is 6.92 Å². The molecule has 0 bridgehead atoms. The molecule has 1 amide bonds. The van der Waals surface area contributed by atoms with Crippen LogP contribution in [-0.4, -0.2) is 27.5 Å². The minimum atomic E-state index is -0.761. The summed E-state index contributed by atoms with van der Waals surface area (Å²) < 4.78 is 0. The molecule has 0 saturated heterocycles. The Hall–Kier alpha value is -2.11. The summed E-state index contributed by atoms with van der Waals surface area (Å²) in [4.78, 5) is 16.5. The number of aryl methyl sites for hydroxylation is 1. The van der Waals surface area contributed by atoms with Crippen LogP contribution in [0, 0.1) is 12.8 Å². The van der Waals surface area contributed by atoms with Gasteiger partial charge in [-0.2, -0.15) is 0 Å². The van der Waals surface area contributed by atoms with E-state index in [1.165, 1.54) is 6.20 Å². The van der Waals surface area contributed by atoms with Crippen LogP contribution in [0.5, 0.6) is 0 Å². The third kappa shape index (κ3) is 3.32. The summed E-state index contributed by atoms with van der Waals surface area (Å²) in [6, 6.07) is 3.51. The number of aromatic nitrogens is 1. The van der Waals surface area contributed by atoms with Gasteiger partial charge in [0.1, 0.15) is 5.54 Å². The number of carbonyl (C=O) groups excluding carboxylic acids is 1. The van der Waals surface area contributed by atoms with Crippen LogP contribution in [0.1, 0.15) is 48.7 Å². The number of pyridine rings is 1. The minimum Gasteiger partial charge on any atom is -0.409 e. The lowest BCUT2D eigenvalue weighted by Gasteiger charge is -2.38. The van der Waals surface area contributed by atoms with E-state index >= 15 is 0 Å². The van der Waals surface area contributed by atoms with Gasteiger partial charge in [0.05, 0.1) is 5.56 Å². The zero-order valence-corrected chi connectivity index (χ0v) is 12.5. The van der Waals surface area contributed by atoms with Crippen molar-refractivity contribution in [1.29, 1.82) is 0 Å². The van der Waals surface area contributed by atoms with Gasteiger partial charge in [-0.1, -0.05) is 12.1 Å². The second-order valence-electron chi connectivity index (χ2n) is 5.89. The van der Waals surface area contributed by atoms with Crippen molar-refractivity contribution in [3.63, 3.8) is 0 Å². The first-order chi connectivity index (χ1) is 9.97. The molecule has 4 N–H and O–H groups in total. The van der Waals surface area contributed by atoms with Gasteiger partial charge in [-0.15, -0.1) is 0 Å². The van der Waals surface area contributed by atoms with Gasteiger partial charge in [-0.25, -0.2) is 0 Å². The summed E-state index contributed by atoms with van der Waals surface area (Å²) in [5.41, 5.74) is 6.41. The zero-order valence-electron chi connectivity index (χ0n) is 12.5. The molecule has 1 aliphatic carbocycles. The number of carbonyl (C=O) groups is 1. The third-order valence-electron chi connectivity index (χ3n) is 4.25. The fourth-order valence-corrected chi connectivity index (χ4v) is 2.69. The maximum absolute atomic E-state index is 12.4. The zero-order chi connectivity index (χ0) is 15.5. The summed E-state index contributed by atoms with van der Waals surface area (Å²) >= 11 is 0. The lowest BCUT2D eigenvalue weighted by molar-refractivity contribution is 0.0897. The van der Waals surface area contributed by atoms with Crippen LogP contribution < -0.4 is 11.1 Å². The Kier molecular flexibility index (Phi) is 4.45. The molecular formula is C15H22N4O2. The molecular weight excluding hydrogens is 268 g/mol. The van der Waals surface area contributed by atoms with E-state index in [4.69, 9.17) is 10.9 Å². The quantitative estimate of drug-likeness (QED) is 0.342. The number of amides is 1. The maximum atomic E-state index is 12.4. The average Bonchev–Trinajstić information content (AvgIpc) is 2.49. The lowest BCUT2D eigenvalue weighted by Crippen LogP contribution is -2.59. The predicted molar refractivity (Wildman–Crippen MR) is 80.2 cm³/mol. The molecule has 0 atom stereocenters. The molecule has 0 aliphatic heterocycles. The molecule has 6 heteroatoms. The Labute approximate surface area is 124 Å². The monoisotopic (exact) mass is 290 g/mol. The standard InChI is InChI=1S/C15H22N4O2/c1-10-5-7-15(8-6-10,14(16)19-21)18-13(20)12-4-3-11(2)17-9-12/h3-4,9-10,21H,5-8H2,1-2H3,(H2,16,19)(H,18,20). The topological polar surface area (TPSA) is 101 Å². The first kappa shape index (κ1) is 15.3. The van der Waals surface area contributed by atoms with Gasteiger partial charge in [-0.3, -0.25) is 9.78 Å². The highest BCUT2D eigenvalue weighted by Gasteiger charge is 2.40. The number of nitrogens with one attached hydrogen (secondary N) is 1. The van der Waals surface area contributed by atoms with Crippen LogP contribution in [-0.2, 0) is 0 Å². The SMILES string of the molecule is Cc1ccc(C(=O)NC2(/C(N)=N/O)CCC(C)CC2)cn1. The van der Waals surface area contributed by atoms with Gasteiger partial charge in [0.25, 0.3) is 5.91 Å². The Morgan fingerprint density at radius 2 is 2.14 bits per heavy atom. The Morgan fingerprint density at radius 3 is 2.67 bits per heavy atom. The number of oxime groups is 1. The van der Waals surface area contributed by atoms with Gasteiger partial charge in [-0.05, 0) is 50.7 Å². The smallest absolute Gasteiger partial charge is 0.253 e.